The fraction of sp³-hybridized carbons (Fsp3) is 0.188. The lowest BCUT2D eigenvalue weighted by Gasteiger charge is -2.12. The fourth-order valence-electron chi connectivity index (χ4n) is 2.00. The molecule has 6 heteroatoms. The molecule has 0 aromatic heterocycles. The number of nitrogen functional groups attached to an aromatic ring is 1. The van der Waals surface area contributed by atoms with Crippen molar-refractivity contribution in [3.63, 3.8) is 0 Å². The van der Waals surface area contributed by atoms with Crippen molar-refractivity contribution in [2.75, 3.05) is 25.3 Å². The number of halogens is 1. The lowest BCUT2D eigenvalue weighted by Crippen LogP contribution is -2.15. The number of amides is 1. The Hall–Kier alpha value is -2.76. The first kappa shape index (κ1) is 15.6. The van der Waals surface area contributed by atoms with Gasteiger partial charge in [-0.25, -0.2) is 4.39 Å². The zero-order valence-electron chi connectivity index (χ0n) is 12.4. The molecular weight excluding hydrogens is 287 g/mol. The molecule has 0 saturated heterocycles. The Morgan fingerprint density at radius 1 is 1.14 bits per heavy atom. The third-order valence-corrected chi connectivity index (χ3v) is 3.12. The first-order valence-corrected chi connectivity index (χ1v) is 6.59. The summed E-state index contributed by atoms with van der Waals surface area (Å²) in [6.45, 7) is 0. The molecule has 5 nitrogen and oxygen atoms in total. The number of methoxy groups -OCH3 is 2. The average Bonchev–Trinajstić information content (AvgIpc) is 2.51. The number of hydrogen-bond acceptors (Lipinski definition) is 4. The van der Waals surface area contributed by atoms with Gasteiger partial charge in [-0.2, -0.15) is 0 Å². The van der Waals surface area contributed by atoms with Gasteiger partial charge in [0.1, 0.15) is 5.82 Å². The van der Waals surface area contributed by atoms with Crippen molar-refractivity contribution >= 4 is 17.3 Å². The minimum atomic E-state index is -0.359. The smallest absolute Gasteiger partial charge is 0.228 e. The van der Waals surface area contributed by atoms with Gasteiger partial charge in [0.25, 0.3) is 0 Å². The van der Waals surface area contributed by atoms with Crippen LogP contribution in [-0.2, 0) is 11.2 Å². The number of nitrogens with two attached hydrogens (primary N) is 1. The number of anilines is 2. The molecule has 0 aliphatic carbocycles. The van der Waals surface area contributed by atoms with Crippen LogP contribution in [0.3, 0.4) is 0 Å². The van der Waals surface area contributed by atoms with E-state index in [9.17, 15) is 9.18 Å². The van der Waals surface area contributed by atoms with Gasteiger partial charge in [-0.15, -0.1) is 0 Å². The van der Waals surface area contributed by atoms with E-state index in [-0.39, 0.29) is 18.1 Å². The first-order chi connectivity index (χ1) is 10.5. The van der Waals surface area contributed by atoms with Gasteiger partial charge in [0.05, 0.1) is 20.6 Å². The van der Waals surface area contributed by atoms with Gasteiger partial charge in [0.15, 0.2) is 11.5 Å². The average molecular weight is 304 g/mol. The summed E-state index contributed by atoms with van der Waals surface area (Å²) in [6.07, 6.45) is 0.0730. The lowest BCUT2D eigenvalue weighted by molar-refractivity contribution is -0.115. The second-order valence-corrected chi connectivity index (χ2v) is 4.64. The third kappa shape index (κ3) is 3.66. The molecule has 0 unspecified atom stereocenters. The van der Waals surface area contributed by atoms with E-state index in [1.807, 2.05) is 0 Å². The maximum absolute atomic E-state index is 12.8. The van der Waals surface area contributed by atoms with E-state index in [2.05, 4.69) is 5.32 Å². The molecule has 2 aromatic rings. The van der Waals surface area contributed by atoms with E-state index in [1.165, 1.54) is 38.5 Å². The summed E-state index contributed by atoms with van der Waals surface area (Å²) in [5, 5.41) is 2.68. The van der Waals surface area contributed by atoms with Crippen LogP contribution in [0.4, 0.5) is 15.8 Å². The van der Waals surface area contributed by atoms with E-state index >= 15 is 0 Å². The highest BCUT2D eigenvalue weighted by molar-refractivity contribution is 5.93. The van der Waals surface area contributed by atoms with Crippen LogP contribution in [0.25, 0.3) is 0 Å². The predicted molar refractivity (Wildman–Crippen MR) is 82.7 cm³/mol. The topological polar surface area (TPSA) is 73.6 Å². The standard InChI is InChI=1S/C16H17FN2O3/c1-21-14-7-10(13(18)9-15(14)22-2)8-16(20)19-12-5-3-11(17)4-6-12/h3-7,9H,8,18H2,1-2H3,(H,19,20). The van der Waals surface area contributed by atoms with Gasteiger partial charge in [0, 0.05) is 17.4 Å². The fourth-order valence-corrected chi connectivity index (χ4v) is 2.00. The largest absolute Gasteiger partial charge is 0.493 e. The Kier molecular flexibility index (Phi) is 4.83. The van der Waals surface area contributed by atoms with Crippen molar-refractivity contribution in [1.29, 1.82) is 0 Å². The summed E-state index contributed by atoms with van der Waals surface area (Å²) in [5.41, 5.74) is 7.50. The number of hydrogen-bond donors (Lipinski definition) is 2. The molecule has 0 heterocycles. The number of benzene rings is 2. The number of rotatable bonds is 5. The van der Waals surface area contributed by atoms with Gasteiger partial charge in [-0.05, 0) is 35.9 Å². The summed E-state index contributed by atoms with van der Waals surface area (Å²) < 4.78 is 23.2. The van der Waals surface area contributed by atoms with Crippen LogP contribution < -0.4 is 20.5 Å². The lowest BCUT2D eigenvalue weighted by atomic mass is 10.1. The number of nitrogens with one attached hydrogen (secondary N) is 1. The van der Waals surface area contributed by atoms with Gasteiger partial charge < -0.3 is 20.5 Å². The molecule has 0 atom stereocenters. The maximum atomic E-state index is 12.8. The van der Waals surface area contributed by atoms with Crippen LogP contribution in [0.2, 0.25) is 0 Å². The van der Waals surface area contributed by atoms with Crippen molar-refractivity contribution < 1.29 is 18.7 Å². The Labute approximate surface area is 127 Å². The summed E-state index contributed by atoms with van der Waals surface area (Å²) >= 11 is 0. The molecule has 116 valence electrons. The summed E-state index contributed by atoms with van der Waals surface area (Å²) in [7, 11) is 3.02. The highest BCUT2D eigenvalue weighted by Crippen LogP contribution is 2.32. The second kappa shape index (κ2) is 6.80. The summed E-state index contributed by atoms with van der Waals surface area (Å²) in [6, 6.07) is 8.81. The summed E-state index contributed by atoms with van der Waals surface area (Å²) in [4.78, 5) is 12.0. The molecule has 22 heavy (non-hydrogen) atoms. The quantitative estimate of drug-likeness (QED) is 0.833. The van der Waals surface area contributed by atoms with E-state index in [0.29, 0.717) is 28.4 Å². The molecule has 2 aromatic carbocycles. The van der Waals surface area contributed by atoms with Crippen LogP contribution in [0.5, 0.6) is 11.5 Å². The molecule has 0 spiro atoms. The molecule has 0 aliphatic heterocycles. The molecule has 0 saturated carbocycles. The Morgan fingerprint density at radius 3 is 2.32 bits per heavy atom. The molecular formula is C16H17FN2O3. The van der Waals surface area contributed by atoms with Gasteiger partial charge in [-0.3, -0.25) is 4.79 Å². The van der Waals surface area contributed by atoms with Crippen LogP contribution in [-0.4, -0.2) is 20.1 Å². The maximum Gasteiger partial charge on any atom is 0.228 e. The first-order valence-electron chi connectivity index (χ1n) is 6.59. The minimum absolute atomic E-state index is 0.0730. The van der Waals surface area contributed by atoms with E-state index < -0.39 is 0 Å². The third-order valence-electron chi connectivity index (χ3n) is 3.12. The van der Waals surface area contributed by atoms with Crippen molar-refractivity contribution in [3.05, 3.63) is 47.8 Å². The van der Waals surface area contributed by atoms with Gasteiger partial charge >= 0.3 is 0 Å². The highest BCUT2D eigenvalue weighted by Gasteiger charge is 2.12. The number of carbonyl (C=O) groups excluding carboxylic acids is 1. The van der Waals surface area contributed by atoms with Crippen LogP contribution in [0.1, 0.15) is 5.56 Å². The molecule has 0 fully saturated rings. The van der Waals surface area contributed by atoms with Crippen molar-refractivity contribution in [3.8, 4) is 11.5 Å². The number of carbonyl (C=O) groups is 1. The zero-order chi connectivity index (χ0) is 16.1. The van der Waals surface area contributed by atoms with Crippen molar-refractivity contribution in [2.24, 2.45) is 0 Å². The van der Waals surface area contributed by atoms with Crippen LogP contribution >= 0.6 is 0 Å². The van der Waals surface area contributed by atoms with Crippen molar-refractivity contribution in [2.45, 2.75) is 6.42 Å². The Balaban J connectivity index is 2.12. The highest BCUT2D eigenvalue weighted by atomic mass is 19.1. The van der Waals surface area contributed by atoms with Crippen LogP contribution in [0, 0.1) is 5.82 Å². The molecule has 0 radical (unpaired) electrons. The second-order valence-electron chi connectivity index (χ2n) is 4.64. The van der Waals surface area contributed by atoms with E-state index in [0.717, 1.165) is 0 Å². The monoisotopic (exact) mass is 304 g/mol. The van der Waals surface area contributed by atoms with E-state index in [4.69, 9.17) is 15.2 Å². The van der Waals surface area contributed by atoms with Gasteiger partial charge in [0.2, 0.25) is 5.91 Å². The molecule has 2 rings (SSSR count). The zero-order valence-corrected chi connectivity index (χ0v) is 12.4. The van der Waals surface area contributed by atoms with E-state index in [1.54, 1.807) is 12.1 Å². The van der Waals surface area contributed by atoms with Gasteiger partial charge in [-0.1, -0.05) is 0 Å². The molecule has 1 amide bonds. The normalized spacial score (nSPS) is 10.1. The molecule has 3 N–H and O–H groups in total. The number of ether oxygens (including phenoxy) is 2. The molecule has 0 aliphatic rings. The summed E-state index contributed by atoms with van der Waals surface area (Å²) in [5.74, 6) is 0.386. The SMILES string of the molecule is COc1cc(N)c(CC(=O)Nc2ccc(F)cc2)cc1OC. The molecule has 0 bridgehead atoms. The minimum Gasteiger partial charge on any atom is -0.493 e. The Bertz CT molecular complexity index is 672. The van der Waals surface area contributed by atoms with Crippen molar-refractivity contribution in [1.82, 2.24) is 0 Å². The Morgan fingerprint density at radius 2 is 1.73 bits per heavy atom. The predicted octanol–water partition coefficient (Wildman–Crippen LogP) is 2.61. The van der Waals surface area contributed by atoms with Crippen LogP contribution in [0.15, 0.2) is 36.4 Å².